The maximum absolute atomic E-state index is 11.3. The van der Waals surface area contributed by atoms with Gasteiger partial charge < -0.3 is 11.1 Å². The van der Waals surface area contributed by atoms with Crippen LogP contribution in [0.2, 0.25) is 0 Å². The fraction of sp³-hybridized carbons (Fsp3) is 0.125. The lowest BCUT2D eigenvalue weighted by atomic mass is 10.2. The largest absolute Gasteiger partial charge is 0.373 e. The van der Waals surface area contributed by atoms with Crippen molar-refractivity contribution >= 4 is 33.0 Å². The van der Waals surface area contributed by atoms with Gasteiger partial charge in [-0.2, -0.15) is 10.4 Å². The Morgan fingerprint density at radius 3 is 2.92 bits per heavy atom. The Bertz CT molecular complexity index is 974. The van der Waals surface area contributed by atoms with Crippen molar-refractivity contribution < 1.29 is 4.79 Å². The van der Waals surface area contributed by atoms with Gasteiger partial charge in [-0.1, -0.05) is 0 Å². The number of halogens is 1. The summed E-state index contributed by atoms with van der Waals surface area (Å²) in [4.78, 5) is 15.6. The van der Waals surface area contributed by atoms with Gasteiger partial charge in [-0.25, -0.2) is 4.52 Å². The molecule has 1 atom stereocenters. The summed E-state index contributed by atoms with van der Waals surface area (Å²) in [5.74, 6) is -0.445. The highest BCUT2D eigenvalue weighted by molar-refractivity contribution is 9.10. The highest BCUT2D eigenvalue weighted by atomic mass is 79.9. The topological polar surface area (TPSA) is 109 Å². The Hall–Kier alpha value is -2.92. The molecule has 0 spiro atoms. The van der Waals surface area contributed by atoms with Crippen molar-refractivity contribution in [3.05, 3.63) is 46.7 Å². The molecule has 3 aromatic heterocycles. The lowest BCUT2D eigenvalue weighted by Gasteiger charge is -2.14. The second kappa shape index (κ2) is 6.29. The smallest absolute Gasteiger partial charge is 0.239 e. The van der Waals surface area contributed by atoms with Gasteiger partial charge in [0, 0.05) is 6.20 Å². The quantitative estimate of drug-likeness (QED) is 0.717. The van der Waals surface area contributed by atoms with E-state index in [1.807, 2.05) is 18.2 Å². The van der Waals surface area contributed by atoms with E-state index in [1.165, 1.54) is 6.20 Å². The monoisotopic (exact) mass is 384 g/mol. The molecular weight excluding hydrogens is 372 g/mol. The number of nitrogens with one attached hydrogen (secondary N) is 1. The lowest BCUT2D eigenvalue weighted by Crippen LogP contribution is -2.32. The van der Waals surface area contributed by atoms with E-state index in [2.05, 4.69) is 37.4 Å². The molecule has 24 heavy (non-hydrogen) atoms. The molecule has 0 saturated carbocycles. The van der Waals surface area contributed by atoms with Crippen LogP contribution in [0.1, 0.15) is 12.5 Å². The first kappa shape index (κ1) is 16.0. The molecule has 8 heteroatoms. The van der Waals surface area contributed by atoms with Crippen molar-refractivity contribution in [2.24, 2.45) is 5.73 Å². The number of hydrogen-bond acceptors (Lipinski definition) is 5. The van der Waals surface area contributed by atoms with Crippen LogP contribution in [-0.2, 0) is 4.79 Å². The summed E-state index contributed by atoms with van der Waals surface area (Å²) in [5.41, 5.74) is 8.74. The zero-order valence-electron chi connectivity index (χ0n) is 12.7. The van der Waals surface area contributed by atoms with Gasteiger partial charge in [0.2, 0.25) is 5.91 Å². The molecule has 3 N–H and O–H groups in total. The molecule has 0 radical (unpaired) electrons. The zero-order valence-corrected chi connectivity index (χ0v) is 14.3. The van der Waals surface area contributed by atoms with Crippen molar-refractivity contribution in [2.45, 2.75) is 13.0 Å². The number of primary amides is 1. The number of nitrogens with zero attached hydrogens (tertiary/aromatic N) is 4. The summed E-state index contributed by atoms with van der Waals surface area (Å²) in [6.45, 7) is 1.69. The number of anilines is 1. The van der Waals surface area contributed by atoms with Gasteiger partial charge in [0.15, 0.2) is 0 Å². The van der Waals surface area contributed by atoms with Crippen molar-refractivity contribution in [1.82, 2.24) is 14.6 Å². The van der Waals surface area contributed by atoms with Crippen molar-refractivity contribution in [1.29, 1.82) is 5.26 Å². The van der Waals surface area contributed by atoms with Crippen LogP contribution < -0.4 is 11.1 Å². The maximum atomic E-state index is 11.3. The highest BCUT2D eigenvalue weighted by Gasteiger charge is 2.14. The summed E-state index contributed by atoms with van der Waals surface area (Å²) in [6, 6.07) is 8.86. The summed E-state index contributed by atoms with van der Waals surface area (Å²) >= 11 is 3.40. The molecule has 1 amide bonds. The Balaban J connectivity index is 2.04. The molecule has 0 saturated heterocycles. The number of aromatic nitrogens is 3. The molecule has 0 bridgehead atoms. The molecule has 7 nitrogen and oxygen atoms in total. The molecule has 0 aromatic carbocycles. The van der Waals surface area contributed by atoms with Crippen LogP contribution >= 0.6 is 15.9 Å². The number of carbonyl (C=O) groups excluding carboxylic acids is 1. The third-order valence-corrected chi connectivity index (χ3v) is 4.18. The van der Waals surface area contributed by atoms with E-state index in [9.17, 15) is 4.79 Å². The zero-order chi connectivity index (χ0) is 17.3. The standard InChI is InChI=1S/C16H13BrN6O/c1-9(16(19)24)22-13-5-14(20-8-12(13)17)15-3-2-11-4-10(6-18)7-21-23(11)15/h2-5,7-9H,1H3,(H2,19,24)(H,20,22)/t9-/m1/s1. The van der Waals surface area contributed by atoms with Crippen LogP contribution in [0.4, 0.5) is 5.69 Å². The third kappa shape index (κ3) is 2.94. The number of nitrogens with two attached hydrogens (primary N) is 1. The number of pyridine rings is 1. The molecule has 0 fully saturated rings. The number of nitriles is 1. The molecule has 3 heterocycles. The SMILES string of the molecule is C[C@@H](Nc1cc(-c2ccc3cc(C#N)cnn23)ncc1Br)C(N)=O. The molecule has 0 aliphatic heterocycles. The maximum Gasteiger partial charge on any atom is 0.239 e. The average molecular weight is 385 g/mol. The molecule has 3 rings (SSSR count). The number of rotatable bonds is 4. The molecule has 3 aromatic rings. The number of carbonyl (C=O) groups is 1. The van der Waals surface area contributed by atoms with Gasteiger partial charge >= 0.3 is 0 Å². The van der Waals surface area contributed by atoms with Gasteiger partial charge in [0.1, 0.15) is 12.1 Å². The Morgan fingerprint density at radius 1 is 1.42 bits per heavy atom. The van der Waals surface area contributed by atoms with Crippen LogP contribution in [0.15, 0.2) is 41.1 Å². The van der Waals surface area contributed by atoms with E-state index in [0.717, 1.165) is 15.7 Å². The first-order valence-corrected chi connectivity index (χ1v) is 7.88. The minimum absolute atomic E-state index is 0.445. The normalized spacial score (nSPS) is 11.9. The van der Waals surface area contributed by atoms with Crippen molar-refractivity contribution in [3.8, 4) is 17.5 Å². The van der Waals surface area contributed by atoms with E-state index < -0.39 is 11.9 Å². The van der Waals surface area contributed by atoms with E-state index in [4.69, 9.17) is 11.0 Å². The summed E-state index contributed by atoms with van der Waals surface area (Å²) < 4.78 is 2.43. The second-order valence-corrected chi connectivity index (χ2v) is 6.08. The molecule has 0 unspecified atom stereocenters. The van der Waals surface area contributed by atoms with Gasteiger partial charge in [-0.3, -0.25) is 9.78 Å². The predicted octanol–water partition coefficient (Wildman–Crippen LogP) is 2.32. The summed E-state index contributed by atoms with van der Waals surface area (Å²) in [7, 11) is 0. The van der Waals surface area contributed by atoms with Crippen molar-refractivity contribution in [3.63, 3.8) is 0 Å². The summed E-state index contributed by atoms with van der Waals surface area (Å²) in [6.07, 6.45) is 3.15. The molecule has 0 aliphatic rings. The highest BCUT2D eigenvalue weighted by Crippen LogP contribution is 2.28. The van der Waals surface area contributed by atoms with Gasteiger partial charge in [0.05, 0.1) is 38.8 Å². The minimum Gasteiger partial charge on any atom is -0.373 e. The van der Waals surface area contributed by atoms with Crippen LogP contribution in [0.25, 0.3) is 16.9 Å². The van der Waals surface area contributed by atoms with E-state index in [0.29, 0.717) is 16.9 Å². The second-order valence-electron chi connectivity index (χ2n) is 5.23. The molecular formula is C16H13BrN6O. The van der Waals surface area contributed by atoms with Crippen LogP contribution in [0.3, 0.4) is 0 Å². The first-order chi connectivity index (χ1) is 11.5. The van der Waals surface area contributed by atoms with E-state index in [-0.39, 0.29) is 0 Å². The lowest BCUT2D eigenvalue weighted by molar-refractivity contribution is -0.118. The number of amides is 1. The van der Waals surface area contributed by atoms with E-state index in [1.54, 1.807) is 23.7 Å². The van der Waals surface area contributed by atoms with E-state index >= 15 is 0 Å². The Labute approximate surface area is 146 Å². The predicted molar refractivity (Wildman–Crippen MR) is 93.1 cm³/mol. The fourth-order valence-corrected chi connectivity index (χ4v) is 2.58. The Kier molecular flexibility index (Phi) is 4.18. The Morgan fingerprint density at radius 2 is 2.21 bits per heavy atom. The summed E-state index contributed by atoms with van der Waals surface area (Å²) in [5, 5.41) is 16.3. The molecule has 0 aliphatic carbocycles. The van der Waals surface area contributed by atoms with Crippen molar-refractivity contribution in [2.75, 3.05) is 5.32 Å². The third-order valence-electron chi connectivity index (χ3n) is 3.55. The molecule has 120 valence electrons. The minimum atomic E-state index is -0.517. The van der Waals surface area contributed by atoms with Gasteiger partial charge in [-0.05, 0) is 47.1 Å². The fourth-order valence-electron chi connectivity index (χ4n) is 2.25. The van der Waals surface area contributed by atoms with Crippen LogP contribution in [0, 0.1) is 11.3 Å². The van der Waals surface area contributed by atoms with Gasteiger partial charge in [0.25, 0.3) is 0 Å². The van der Waals surface area contributed by atoms with Gasteiger partial charge in [-0.15, -0.1) is 0 Å². The van der Waals surface area contributed by atoms with Crippen LogP contribution in [0.5, 0.6) is 0 Å². The first-order valence-electron chi connectivity index (χ1n) is 7.09. The number of hydrogen-bond donors (Lipinski definition) is 2. The number of fused-ring (bicyclic) bond motifs is 1. The van der Waals surface area contributed by atoms with Crippen LogP contribution in [-0.4, -0.2) is 26.5 Å². The average Bonchev–Trinajstić information content (AvgIpc) is 2.99.